The van der Waals surface area contributed by atoms with Crippen LogP contribution in [-0.2, 0) is 4.79 Å². The third-order valence-corrected chi connectivity index (χ3v) is 4.52. The lowest BCUT2D eigenvalue weighted by Gasteiger charge is -2.18. The molecule has 7 heteroatoms. The van der Waals surface area contributed by atoms with Crippen LogP contribution in [0, 0.1) is 0 Å². The summed E-state index contributed by atoms with van der Waals surface area (Å²) in [6, 6.07) is 12.1. The van der Waals surface area contributed by atoms with E-state index in [4.69, 9.17) is 14.2 Å². The molecular formula is C21H24N2O5. The molecule has 148 valence electrons. The van der Waals surface area contributed by atoms with Crippen LogP contribution >= 0.6 is 0 Å². The fraction of sp³-hybridized carbons (Fsp3) is 0.333. The van der Waals surface area contributed by atoms with Crippen molar-refractivity contribution < 1.29 is 23.8 Å². The van der Waals surface area contributed by atoms with Crippen molar-refractivity contribution in [2.45, 2.75) is 12.8 Å². The molecule has 0 aromatic heterocycles. The first kappa shape index (κ1) is 19.5. The van der Waals surface area contributed by atoms with Gasteiger partial charge in [-0.05, 0) is 25.0 Å². The summed E-state index contributed by atoms with van der Waals surface area (Å²) in [5, 5.41) is 2.77. The van der Waals surface area contributed by atoms with E-state index in [-0.39, 0.29) is 18.4 Å². The van der Waals surface area contributed by atoms with Crippen molar-refractivity contribution in [1.29, 1.82) is 0 Å². The minimum atomic E-state index is -0.358. The number of nitrogens with one attached hydrogen (secondary N) is 1. The average molecular weight is 384 g/mol. The van der Waals surface area contributed by atoms with Gasteiger partial charge in [0.25, 0.3) is 11.8 Å². The first-order valence-corrected chi connectivity index (χ1v) is 9.14. The van der Waals surface area contributed by atoms with Gasteiger partial charge in [0, 0.05) is 31.3 Å². The molecule has 3 rings (SSSR count). The monoisotopic (exact) mass is 384 g/mol. The van der Waals surface area contributed by atoms with E-state index in [1.54, 1.807) is 56.7 Å². The number of likely N-dealkylation sites (tertiary alicyclic amines) is 1. The molecule has 1 aliphatic heterocycles. The van der Waals surface area contributed by atoms with Crippen molar-refractivity contribution in [1.82, 2.24) is 4.90 Å². The SMILES string of the molecule is COc1cc(OC)cc(OCC(=O)Nc2ccccc2C(=O)N2CCCC2)c1. The quantitative estimate of drug-likeness (QED) is 0.794. The molecule has 2 amide bonds. The molecule has 0 atom stereocenters. The molecular weight excluding hydrogens is 360 g/mol. The number of methoxy groups -OCH3 is 2. The van der Waals surface area contributed by atoms with Gasteiger partial charge in [0.15, 0.2) is 6.61 Å². The van der Waals surface area contributed by atoms with E-state index < -0.39 is 0 Å². The Balaban J connectivity index is 1.65. The Morgan fingerprint density at radius 2 is 1.57 bits per heavy atom. The summed E-state index contributed by atoms with van der Waals surface area (Å²) >= 11 is 0. The van der Waals surface area contributed by atoms with E-state index in [9.17, 15) is 9.59 Å². The van der Waals surface area contributed by atoms with E-state index in [0.717, 1.165) is 25.9 Å². The van der Waals surface area contributed by atoms with E-state index in [1.165, 1.54) is 0 Å². The normalized spacial score (nSPS) is 13.1. The number of para-hydroxylation sites is 1. The van der Waals surface area contributed by atoms with Crippen LogP contribution in [0.25, 0.3) is 0 Å². The van der Waals surface area contributed by atoms with Crippen molar-refractivity contribution in [3.8, 4) is 17.2 Å². The number of anilines is 1. The summed E-state index contributed by atoms with van der Waals surface area (Å²) in [4.78, 5) is 26.9. The zero-order valence-electron chi connectivity index (χ0n) is 16.1. The molecule has 0 spiro atoms. The highest BCUT2D eigenvalue weighted by molar-refractivity contribution is 6.04. The second-order valence-electron chi connectivity index (χ2n) is 6.43. The molecule has 7 nitrogen and oxygen atoms in total. The number of carbonyl (C=O) groups is 2. The van der Waals surface area contributed by atoms with Crippen molar-refractivity contribution in [2.75, 3.05) is 39.2 Å². The molecule has 0 aliphatic carbocycles. The largest absolute Gasteiger partial charge is 0.496 e. The van der Waals surface area contributed by atoms with E-state index in [2.05, 4.69) is 5.32 Å². The van der Waals surface area contributed by atoms with Crippen LogP contribution in [0.15, 0.2) is 42.5 Å². The number of rotatable bonds is 7. The highest BCUT2D eigenvalue weighted by Gasteiger charge is 2.22. The molecule has 0 radical (unpaired) electrons. The lowest BCUT2D eigenvalue weighted by molar-refractivity contribution is -0.118. The summed E-state index contributed by atoms with van der Waals surface area (Å²) < 4.78 is 15.9. The molecule has 1 fully saturated rings. The van der Waals surface area contributed by atoms with E-state index in [0.29, 0.717) is 28.5 Å². The standard InChI is InChI=1S/C21H24N2O5/c1-26-15-11-16(27-2)13-17(12-15)28-14-20(24)22-19-8-4-3-7-18(19)21(25)23-9-5-6-10-23/h3-4,7-8,11-13H,5-6,9-10,14H2,1-2H3,(H,22,24). The van der Waals surface area contributed by atoms with Gasteiger partial charge < -0.3 is 24.4 Å². The zero-order chi connectivity index (χ0) is 19.9. The topological polar surface area (TPSA) is 77.1 Å². The third-order valence-electron chi connectivity index (χ3n) is 4.52. The predicted octanol–water partition coefficient (Wildman–Crippen LogP) is 2.96. The van der Waals surface area contributed by atoms with Gasteiger partial charge in [0.05, 0.1) is 25.5 Å². The van der Waals surface area contributed by atoms with E-state index in [1.807, 2.05) is 4.90 Å². The maximum Gasteiger partial charge on any atom is 0.262 e. The Bertz CT molecular complexity index is 824. The first-order valence-electron chi connectivity index (χ1n) is 9.14. The number of amides is 2. The minimum Gasteiger partial charge on any atom is -0.496 e. The molecule has 1 N–H and O–H groups in total. The van der Waals surface area contributed by atoms with Crippen molar-refractivity contribution in [3.63, 3.8) is 0 Å². The fourth-order valence-electron chi connectivity index (χ4n) is 3.07. The second-order valence-corrected chi connectivity index (χ2v) is 6.43. The van der Waals surface area contributed by atoms with Gasteiger partial charge in [0.2, 0.25) is 0 Å². The zero-order valence-corrected chi connectivity index (χ0v) is 16.1. The molecule has 1 saturated heterocycles. The van der Waals surface area contributed by atoms with Crippen molar-refractivity contribution in [2.24, 2.45) is 0 Å². The molecule has 28 heavy (non-hydrogen) atoms. The Labute approximate surface area is 164 Å². The van der Waals surface area contributed by atoms with Gasteiger partial charge in [-0.15, -0.1) is 0 Å². The molecule has 1 heterocycles. The number of carbonyl (C=O) groups excluding carboxylic acids is 2. The van der Waals surface area contributed by atoms with Gasteiger partial charge in [0.1, 0.15) is 17.2 Å². The van der Waals surface area contributed by atoms with E-state index >= 15 is 0 Å². The van der Waals surface area contributed by atoms with Crippen LogP contribution in [0.4, 0.5) is 5.69 Å². The van der Waals surface area contributed by atoms with Crippen LogP contribution in [0.2, 0.25) is 0 Å². The summed E-state index contributed by atoms with van der Waals surface area (Å²) in [6.45, 7) is 1.30. The average Bonchev–Trinajstić information content (AvgIpc) is 3.26. The highest BCUT2D eigenvalue weighted by Crippen LogP contribution is 2.27. The lowest BCUT2D eigenvalue weighted by atomic mass is 10.1. The van der Waals surface area contributed by atoms with Crippen LogP contribution < -0.4 is 19.5 Å². The Morgan fingerprint density at radius 3 is 2.21 bits per heavy atom. The van der Waals surface area contributed by atoms with Gasteiger partial charge in [-0.25, -0.2) is 0 Å². The molecule has 2 aromatic rings. The molecule has 2 aromatic carbocycles. The molecule has 0 unspecified atom stereocenters. The number of nitrogens with zero attached hydrogens (tertiary/aromatic N) is 1. The van der Waals surface area contributed by atoms with Crippen LogP contribution in [0.5, 0.6) is 17.2 Å². The second kappa shape index (κ2) is 9.12. The van der Waals surface area contributed by atoms with Gasteiger partial charge in [-0.2, -0.15) is 0 Å². The third kappa shape index (κ3) is 4.73. The molecule has 1 aliphatic rings. The maximum atomic E-state index is 12.7. The predicted molar refractivity (Wildman–Crippen MR) is 105 cm³/mol. The van der Waals surface area contributed by atoms with Crippen molar-refractivity contribution >= 4 is 17.5 Å². The number of hydrogen-bond donors (Lipinski definition) is 1. The summed E-state index contributed by atoms with van der Waals surface area (Å²) in [7, 11) is 3.08. The highest BCUT2D eigenvalue weighted by atomic mass is 16.5. The Hall–Kier alpha value is -3.22. The smallest absolute Gasteiger partial charge is 0.262 e. The fourth-order valence-corrected chi connectivity index (χ4v) is 3.07. The lowest BCUT2D eigenvalue weighted by Crippen LogP contribution is -2.29. The summed E-state index contributed by atoms with van der Waals surface area (Å²) in [5.41, 5.74) is 0.969. The van der Waals surface area contributed by atoms with Gasteiger partial charge >= 0.3 is 0 Å². The number of benzene rings is 2. The van der Waals surface area contributed by atoms with Gasteiger partial charge in [-0.1, -0.05) is 12.1 Å². The summed E-state index contributed by atoms with van der Waals surface area (Å²) in [6.07, 6.45) is 2.02. The van der Waals surface area contributed by atoms with Crippen LogP contribution in [-0.4, -0.2) is 50.6 Å². The Kier molecular flexibility index (Phi) is 6.37. The summed E-state index contributed by atoms with van der Waals surface area (Å²) in [5.74, 6) is 1.16. The molecule has 0 saturated carbocycles. The van der Waals surface area contributed by atoms with Gasteiger partial charge in [-0.3, -0.25) is 9.59 Å². The van der Waals surface area contributed by atoms with Crippen molar-refractivity contribution in [3.05, 3.63) is 48.0 Å². The van der Waals surface area contributed by atoms with Crippen LogP contribution in [0.1, 0.15) is 23.2 Å². The first-order chi connectivity index (χ1) is 13.6. The maximum absolute atomic E-state index is 12.7. The Morgan fingerprint density at radius 1 is 0.964 bits per heavy atom. The van der Waals surface area contributed by atoms with Crippen LogP contribution in [0.3, 0.4) is 0 Å². The number of hydrogen-bond acceptors (Lipinski definition) is 5. The minimum absolute atomic E-state index is 0.0631. The number of ether oxygens (including phenoxy) is 3. The molecule has 0 bridgehead atoms.